The summed E-state index contributed by atoms with van der Waals surface area (Å²) < 4.78 is 34.2. The Bertz CT molecular complexity index is 1400. The second kappa shape index (κ2) is 14.5. The quantitative estimate of drug-likeness (QED) is 0.285. The minimum absolute atomic E-state index is 0. The number of rotatable bonds is 12. The van der Waals surface area contributed by atoms with Crippen molar-refractivity contribution in [3.8, 4) is 11.1 Å². The molecule has 1 unspecified atom stereocenters. The largest absolute Gasteiger partial charge is 2.00 e. The van der Waals surface area contributed by atoms with E-state index < -0.39 is 16.1 Å². The molecule has 40 heavy (non-hydrogen) atoms. The molecule has 0 aliphatic carbocycles. The molecule has 0 fully saturated rings. The predicted octanol–water partition coefficient (Wildman–Crippen LogP) is 4.85. The Morgan fingerprint density at radius 1 is 1.12 bits per heavy atom. The number of hydrogen-bond acceptors (Lipinski definition) is 6. The van der Waals surface area contributed by atoms with Gasteiger partial charge in [-0.25, -0.2) is 13.1 Å². The van der Waals surface area contributed by atoms with E-state index in [0.717, 1.165) is 18.4 Å². The molecule has 2 aromatic carbocycles. The van der Waals surface area contributed by atoms with E-state index in [2.05, 4.69) is 21.3 Å². The van der Waals surface area contributed by atoms with Crippen molar-refractivity contribution in [3.05, 3.63) is 65.4 Å². The Balaban J connectivity index is 0.00000560. The Morgan fingerprint density at radius 2 is 1.82 bits per heavy atom. The fraction of sp³-hybridized carbons (Fsp3) is 0.414. The van der Waals surface area contributed by atoms with Crippen LogP contribution in [0.2, 0.25) is 0 Å². The number of carbonyl (C=O) groups is 2. The minimum Gasteiger partial charge on any atom is -0.357 e. The molecule has 3 aromatic rings. The molecule has 0 aliphatic heterocycles. The van der Waals surface area contributed by atoms with Crippen LogP contribution in [0.1, 0.15) is 56.9 Å². The molecule has 0 saturated heterocycles. The molecule has 0 radical (unpaired) electrons. The zero-order valence-corrected chi connectivity index (χ0v) is 25.9. The van der Waals surface area contributed by atoms with Gasteiger partial charge < -0.3 is 14.7 Å². The number of aryl methyl sites for hydroxylation is 1. The Morgan fingerprint density at radius 3 is 2.38 bits per heavy atom. The second-order valence-electron chi connectivity index (χ2n) is 9.86. The van der Waals surface area contributed by atoms with Gasteiger partial charge in [-0.15, -0.1) is 35.4 Å². The Hall–Kier alpha value is -3.13. The zero-order valence-electron chi connectivity index (χ0n) is 23.8. The van der Waals surface area contributed by atoms with E-state index in [1.807, 2.05) is 26.8 Å². The van der Waals surface area contributed by atoms with E-state index in [9.17, 15) is 18.0 Å². The van der Waals surface area contributed by atoms with Gasteiger partial charge in [-0.1, -0.05) is 62.2 Å². The average Bonchev–Trinajstić information content (AvgIpc) is 3.23. The normalized spacial score (nSPS) is 12.0. The van der Waals surface area contributed by atoms with E-state index in [1.54, 1.807) is 56.1 Å². The van der Waals surface area contributed by atoms with Crippen molar-refractivity contribution < 1.29 is 39.9 Å². The Labute approximate surface area is 247 Å². The molecule has 3 rings (SSSR count). The standard InChI is InChI=1S/C29H37N4O5S.Cr/c1-7-8-13-26(34)33(27(19(2)3)28(35)30-6)18-22-14-16-23(17-15-22)24-11-9-10-12-25(24)39(36,37)32-29-20(4)21(5)31-38-29;/h9-12,14-16,19,27,32H,7-8,13,18H2,1-6H3,(H,30,35);/q-1;+2. The van der Waals surface area contributed by atoms with Crippen LogP contribution in [0, 0.1) is 25.8 Å². The van der Waals surface area contributed by atoms with E-state index in [4.69, 9.17) is 4.52 Å². The van der Waals surface area contributed by atoms with Crippen LogP contribution in [-0.2, 0) is 43.5 Å². The maximum Gasteiger partial charge on any atom is 2.00 e. The van der Waals surface area contributed by atoms with E-state index in [0.29, 0.717) is 28.8 Å². The van der Waals surface area contributed by atoms with Crippen LogP contribution in [0.5, 0.6) is 0 Å². The van der Waals surface area contributed by atoms with Gasteiger partial charge in [0.15, 0.2) is 0 Å². The number of amides is 2. The van der Waals surface area contributed by atoms with Gasteiger partial charge in [0.2, 0.25) is 17.7 Å². The molecule has 0 bridgehead atoms. The van der Waals surface area contributed by atoms with Crippen molar-refractivity contribution in [1.29, 1.82) is 0 Å². The molecule has 9 nitrogen and oxygen atoms in total. The summed E-state index contributed by atoms with van der Waals surface area (Å²) in [5.74, 6) is -0.298. The van der Waals surface area contributed by atoms with E-state index >= 15 is 0 Å². The molecular weight excluding hydrogens is 568 g/mol. The van der Waals surface area contributed by atoms with E-state index in [1.165, 1.54) is 6.07 Å². The van der Waals surface area contributed by atoms with Crippen molar-refractivity contribution in [2.45, 2.75) is 71.4 Å². The first-order valence-electron chi connectivity index (χ1n) is 13.1. The van der Waals surface area contributed by atoms with Crippen LogP contribution in [0.15, 0.2) is 51.9 Å². The summed E-state index contributed by atoms with van der Waals surface area (Å²) in [5.41, 5.74) is 3.03. The van der Waals surface area contributed by atoms with Gasteiger partial charge in [0.05, 0.1) is 10.6 Å². The SMILES string of the molecule is CCCCC(=O)N(Cc1c[c-]c(-c2ccccc2S(=O)(=O)Nc2onc(C)c2C)cc1)C(C(=O)NC)C(C)C.[Cr+2]. The number of aromatic nitrogens is 1. The molecule has 1 heterocycles. The van der Waals surface area contributed by atoms with Gasteiger partial charge in [0.25, 0.3) is 10.0 Å². The van der Waals surface area contributed by atoms with Crippen LogP contribution in [0.3, 0.4) is 0 Å². The van der Waals surface area contributed by atoms with Crippen molar-refractivity contribution in [1.82, 2.24) is 15.4 Å². The number of carbonyl (C=O) groups excluding carboxylic acids is 2. The monoisotopic (exact) mass is 605 g/mol. The van der Waals surface area contributed by atoms with Crippen molar-refractivity contribution in [2.24, 2.45) is 5.92 Å². The van der Waals surface area contributed by atoms with Gasteiger partial charge in [-0.3, -0.25) is 9.59 Å². The molecule has 1 atom stereocenters. The third-order valence-electron chi connectivity index (χ3n) is 6.63. The molecule has 0 aliphatic rings. The summed E-state index contributed by atoms with van der Waals surface area (Å²) in [7, 11) is -2.42. The van der Waals surface area contributed by atoms with Crippen LogP contribution < -0.4 is 10.0 Å². The molecule has 0 saturated carbocycles. The van der Waals surface area contributed by atoms with Crippen molar-refractivity contribution in [3.63, 3.8) is 0 Å². The summed E-state index contributed by atoms with van der Waals surface area (Å²) in [4.78, 5) is 27.5. The van der Waals surface area contributed by atoms with Gasteiger partial charge in [0, 0.05) is 25.6 Å². The van der Waals surface area contributed by atoms with Gasteiger partial charge in [-0.2, -0.15) is 0 Å². The topological polar surface area (TPSA) is 122 Å². The average molecular weight is 606 g/mol. The summed E-state index contributed by atoms with van der Waals surface area (Å²) in [6, 6.07) is 14.5. The summed E-state index contributed by atoms with van der Waals surface area (Å²) in [6.45, 7) is 9.56. The van der Waals surface area contributed by atoms with Gasteiger partial charge >= 0.3 is 17.4 Å². The van der Waals surface area contributed by atoms with Crippen LogP contribution in [0.4, 0.5) is 5.88 Å². The number of nitrogens with one attached hydrogen (secondary N) is 2. The van der Waals surface area contributed by atoms with Gasteiger partial charge in [0.1, 0.15) is 6.04 Å². The van der Waals surface area contributed by atoms with Crippen LogP contribution in [-0.4, -0.2) is 43.4 Å². The number of likely N-dealkylation sites (N-methyl/N-ethyl adjacent to an activating group) is 1. The van der Waals surface area contributed by atoms with Crippen molar-refractivity contribution >= 4 is 27.7 Å². The fourth-order valence-corrected chi connectivity index (χ4v) is 5.57. The zero-order chi connectivity index (χ0) is 28.7. The minimum atomic E-state index is -3.98. The molecule has 1 aromatic heterocycles. The third kappa shape index (κ3) is 7.75. The van der Waals surface area contributed by atoms with Gasteiger partial charge in [-0.05, 0) is 26.2 Å². The van der Waals surface area contributed by atoms with E-state index in [-0.39, 0.29) is 52.4 Å². The van der Waals surface area contributed by atoms with Crippen LogP contribution >= 0.6 is 0 Å². The predicted molar refractivity (Wildman–Crippen MR) is 150 cm³/mol. The maximum atomic E-state index is 13.3. The summed E-state index contributed by atoms with van der Waals surface area (Å²) >= 11 is 0. The first-order chi connectivity index (χ1) is 18.5. The first kappa shape index (κ1) is 33.1. The second-order valence-corrected chi connectivity index (χ2v) is 11.5. The molecule has 214 valence electrons. The molecule has 0 spiro atoms. The molecule has 2 N–H and O–H groups in total. The molecular formula is C29H37CrN4O5S+. The summed E-state index contributed by atoms with van der Waals surface area (Å²) in [5, 5.41) is 6.50. The number of unbranched alkanes of at least 4 members (excludes halogenated alkanes) is 1. The maximum absolute atomic E-state index is 13.3. The molecule has 2 amide bonds. The number of anilines is 1. The van der Waals surface area contributed by atoms with Crippen molar-refractivity contribution in [2.75, 3.05) is 11.8 Å². The number of benzene rings is 2. The smallest absolute Gasteiger partial charge is 0.357 e. The van der Waals surface area contributed by atoms with Crippen LogP contribution in [0.25, 0.3) is 11.1 Å². The Kier molecular flexibility index (Phi) is 12.0. The third-order valence-corrected chi connectivity index (χ3v) is 8.02. The molecule has 11 heteroatoms. The fourth-order valence-electron chi connectivity index (χ4n) is 4.30. The number of nitrogens with zero attached hydrogens (tertiary/aromatic N) is 2. The first-order valence-corrected chi connectivity index (χ1v) is 14.5. The number of sulfonamides is 1. The summed E-state index contributed by atoms with van der Waals surface area (Å²) in [6.07, 6.45) is 1.98. The number of hydrogen-bond donors (Lipinski definition) is 2.